The van der Waals surface area contributed by atoms with E-state index in [2.05, 4.69) is 4.90 Å². The van der Waals surface area contributed by atoms with Gasteiger partial charge in [-0.05, 0) is 19.2 Å². The minimum absolute atomic E-state index is 0.115. The summed E-state index contributed by atoms with van der Waals surface area (Å²) in [7, 11) is 3.37. The molecule has 3 rings (SSSR count). The normalized spacial score (nSPS) is 28.6. The Bertz CT molecular complexity index is 608. The zero-order valence-corrected chi connectivity index (χ0v) is 14.1. The molecule has 5 nitrogen and oxygen atoms in total. The molecule has 1 N–H and O–H groups in total. The first-order valence-corrected chi connectivity index (χ1v) is 9.05. The van der Waals surface area contributed by atoms with Crippen molar-refractivity contribution in [2.24, 2.45) is 4.99 Å². The molecule has 22 heavy (non-hydrogen) atoms. The Morgan fingerprint density at radius 1 is 1.41 bits per heavy atom. The molecule has 118 valence electrons. The van der Waals surface area contributed by atoms with Crippen LogP contribution in [0.25, 0.3) is 0 Å². The summed E-state index contributed by atoms with van der Waals surface area (Å²) >= 11 is 3.40. The molecule has 2 heterocycles. The van der Waals surface area contributed by atoms with E-state index >= 15 is 0 Å². The van der Waals surface area contributed by atoms with Gasteiger partial charge in [-0.3, -0.25) is 14.7 Å². The first-order valence-electron chi connectivity index (χ1n) is 7.02. The predicted octanol–water partition coefficient (Wildman–Crippen LogP) is 1.80. The topological polar surface area (TPSA) is 62.1 Å². The van der Waals surface area contributed by atoms with Crippen LogP contribution in [0, 0.1) is 0 Å². The zero-order valence-electron chi connectivity index (χ0n) is 12.4. The van der Waals surface area contributed by atoms with Crippen molar-refractivity contribution in [1.29, 1.82) is 0 Å². The highest BCUT2D eigenvalue weighted by Crippen LogP contribution is 2.37. The molecular weight excluding hydrogens is 320 g/mol. The van der Waals surface area contributed by atoms with E-state index in [1.165, 1.54) is 7.11 Å². The maximum absolute atomic E-state index is 11.8. The average Bonchev–Trinajstić information content (AvgIpc) is 3.13. The number of likely N-dealkylation sites (N-methyl/N-ethyl adjacent to an activating group) is 1. The molecular formula is C15H18N2O3S2. The van der Waals surface area contributed by atoms with Gasteiger partial charge in [0.15, 0.2) is 0 Å². The van der Waals surface area contributed by atoms with Crippen LogP contribution < -0.4 is 0 Å². The number of benzene rings is 1. The lowest BCUT2D eigenvalue weighted by molar-refractivity contribution is -0.145. The summed E-state index contributed by atoms with van der Waals surface area (Å²) in [5, 5.41) is 11.0. The molecule has 3 unspecified atom stereocenters. The van der Waals surface area contributed by atoms with Gasteiger partial charge >= 0.3 is 5.97 Å². The van der Waals surface area contributed by atoms with Crippen LogP contribution in [0.4, 0.5) is 0 Å². The van der Waals surface area contributed by atoms with E-state index < -0.39 is 0 Å². The molecule has 1 aromatic rings. The molecule has 7 heteroatoms. The van der Waals surface area contributed by atoms with E-state index in [9.17, 15) is 9.90 Å². The second-order valence-electron chi connectivity index (χ2n) is 5.26. The highest BCUT2D eigenvalue weighted by molar-refractivity contribution is 8.14. The Hall–Kier alpha value is -1.18. The number of para-hydroxylation sites is 1. The van der Waals surface area contributed by atoms with E-state index in [1.807, 2.05) is 19.2 Å². The highest BCUT2D eigenvalue weighted by atomic mass is 32.2. The Balaban J connectivity index is 1.75. The van der Waals surface area contributed by atoms with Crippen molar-refractivity contribution < 1.29 is 14.6 Å². The van der Waals surface area contributed by atoms with Crippen LogP contribution in [0.5, 0.6) is 5.75 Å². The first kappa shape index (κ1) is 15.7. The number of hydrogen-bond donors (Lipinski definition) is 1. The number of thioether (sulfide) groups is 2. The lowest BCUT2D eigenvalue weighted by Crippen LogP contribution is -2.43. The molecule has 0 bridgehead atoms. The van der Waals surface area contributed by atoms with E-state index in [0.29, 0.717) is 0 Å². The quantitative estimate of drug-likeness (QED) is 0.848. The number of phenols is 1. The molecule has 1 aromatic carbocycles. The largest absolute Gasteiger partial charge is 0.507 e. The van der Waals surface area contributed by atoms with Crippen LogP contribution in [-0.4, -0.2) is 64.1 Å². The monoisotopic (exact) mass is 338 g/mol. The second-order valence-corrected chi connectivity index (χ2v) is 7.42. The van der Waals surface area contributed by atoms with Crippen molar-refractivity contribution in [1.82, 2.24) is 4.90 Å². The van der Waals surface area contributed by atoms with Gasteiger partial charge in [-0.1, -0.05) is 12.1 Å². The molecule has 2 aliphatic heterocycles. The number of methoxy groups -OCH3 is 1. The molecule has 0 aliphatic carbocycles. The minimum atomic E-state index is -0.200. The number of hydrogen-bond acceptors (Lipinski definition) is 7. The zero-order chi connectivity index (χ0) is 15.7. The number of ether oxygens (including phenoxy) is 1. The molecule has 2 aliphatic rings. The van der Waals surface area contributed by atoms with E-state index in [1.54, 1.807) is 35.7 Å². The lowest BCUT2D eigenvalue weighted by atomic mass is 10.2. The van der Waals surface area contributed by atoms with Gasteiger partial charge in [-0.2, -0.15) is 0 Å². The van der Waals surface area contributed by atoms with Gasteiger partial charge < -0.3 is 9.84 Å². The van der Waals surface area contributed by atoms with Crippen LogP contribution in [0.2, 0.25) is 0 Å². The highest BCUT2D eigenvalue weighted by Gasteiger charge is 2.42. The summed E-state index contributed by atoms with van der Waals surface area (Å²) in [5.41, 5.74) is 0.783. The molecule has 1 fully saturated rings. The Morgan fingerprint density at radius 2 is 2.18 bits per heavy atom. The van der Waals surface area contributed by atoms with Crippen LogP contribution in [0.1, 0.15) is 5.56 Å². The molecule has 0 amide bonds. The van der Waals surface area contributed by atoms with E-state index in [0.717, 1.165) is 22.1 Å². The fourth-order valence-corrected chi connectivity index (χ4v) is 5.45. The maximum atomic E-state index is 11.8. The number of phenolic OH excluding ortho intramolecular Hbond substituents is 1. The third-order valence-electron chi connectivity index (χ3n) is 3.93. The smallest absolute Gasteiger partial charge is 0.323 e. The molecule has 0 radical (unpaired) electrons. The van der Waals surface area contributed by atoms with Gasteiger partial charge in [-0.25, -0.2) is 0 Å². The number of rotatable bonds is 3. The van der Waals surface area contributed by atoms with Gasteiger partial charge in [0.1, 0.15) is 16.8 Å². The number of carbonyl (C=O) groups excluding carboxylic acids is 1. The first-order chi connectivity index (χ1) is 10.6. The van der Waals surface area contributed by atoms with Crippen molar-refractivity contribution in [3.8, 4) is 5.75 Å². The van der Waals surface area contributed by atoms with Crippen LogP contribution in [0.3, 0.4) is 0 Å². The molecule has 1 saturated heterocycles. The van der Waals surface area contributed by atoms with Gasteiger partial charge in [0.05, 0.1) is 18.5 Å². The second kappa shape index (κ2) is 6.52. The summed E-state index contributed by atoms with van der Waals surface area (Å²) < 4.78 is 4.85. The molecule has 0 spiro atoms. The standard InChI is InChI=1S/C15H18N2O3S2/c1-17-11(15(19)20-2)8-22-14(17)10-7-21-13(16-10)9-5-3-4-6-12(9)18/h3-6,10-11,14,18H,7-8H2,1-2H3. The van der Waals surface area contributed by atoms with Gasteiger partial charge in [0.25, 0.3) is 0 Å². The van der Waals surface area contributed by atoms with Crippen molar-refractivity contribution >= 4 is 34.5 Å². The number of esters is 1. The minimum Gasteiger partial charge on any atom is -0.507 e. The summed E-state index contributed by atoms with van der Waals surface area (Å²) in [5.74, 6) is 1.66. The fraction of sp³-hybridized carbons (Fsp3) is 0.467. The summed E-state index contributed by atoms with van der Waals surface area (Å²) in [6.45, 7) is 0. The van der Waals surface area contributed by atoms with Gasteiger partial charge in [-0.15, -0.1) is 23.5 Å². The van der Waals surface area contributed by atoms with Gasteiger partial charge in [0.2, 0.25) is 0 Å². The number of carbonyl (C=O) groups is 1. The van der Waals surface area contributed by atoms with Gasteiger partial charge in [0, 0.05) is 17.1 Å². The summed E-state index contributed by atoms with van der Waals surface area (Å²) in [6.07, 6.45) is 0. The average molecular weight is 338 g/mol. The van der Waals surface area contributed by atoms with Crippen molar-refractivity contribution in [3.63, 3.8) is 0 Å². The lowest BCUT2D eigenvalue weighted by Gasteiger charge is -2.25. The number of aromatic hydroxyl groups is 1. The van der Waals surface area contributed by atoms with Crippen molar-refractivity contribution in [2.75, 3.05) is 25.7 Å². The van der Waals surface area contributed by atoms with Crippen LogP contribution in [-0.2, 0) is 9.53 Å². The third kappa shape index (κ3) is 2.85. The summed E-state index contributed by atoms with van der Waals surface area (Å²) in [6, 6.07) is 7.17. The summed E-state index contributed by atoms with van der Waals surface area (Å²) in [4.78, 5) is 18.6. The van der Waals surface area contributed by atoms with Crippen LogP contribution >= 0.6 is 23.5 Å². The molecule has 0 aromatic heterocycles. The molecule has 0 saturated carbocycles. The Morgan fingerprint density at radius 3 is 2.91 bits per heavy atom. The van der Waals surface area contributed by atoms with Crippen molar-refractivity contribution in [3.05, 3.63) is 29.8 Å². The Labute approximate surface area is 138 Å². The van der Waals surface area contributed by atoms with E-state index in [4.69, 9.17) is 9.73 Å². The maximum Gasteiger partial charge on any atom is 0.323 e. The Kier molecular flexibility index (Phi) is 4.65. The predicted molar refractivity (Wildman–Crippen MR) is 90.7 cm³/mol. The van der Waals surface area contributed by atoms with Crippen molar-refractivity contribution in [2.45, 2.75) is 17.5 Å². The van der Waals surface area contributed by atoms with E-state index in [-0.39, 0.29) is 29.2 Å². The number of nitrogens with zero attached hydrogens (tertiary/aromatic N) is 2. The molecule has 3 atom stereocenters. The van der Waals surface area contributed by atoms with Crippen LogP contribution in [0.15, 0.2) is 29.3 Å². The fourth-order valence-electron chi connectivity index (χ4n) is 2.69. The number of aliphatic imine (C=N–C) groups is 1. The third-order valence-corrected chi connectivity index (χ3v) is 6.53. The SMILES string of the molecule is COC(=O)C1CSC(C2CSC(c3ccccc3O)=N2)N1C.